The molecule has 2 aromatic heterocycles. The molecule has 0 saturated carbocycles. The fourth-order valence-corrected chi connectivity index (χ4v) is 6.89. The van der Waals surface area contributed by atoms with Gasteiger partial charge >= 0.3 is 6.18 Å². The van der Waals surface area contributed by atoms with Crippen molar-refractivity contribution in [3.8, 4) is 5.75 Å². The van der Waals surface area contributed by atoms with E-state index in [9.17, 15) is 21.6 Å². The molecule has 3 aromatic rings. The van der Waals surface area contributed by atoms with Crippen molar-refractivity contribution < 1.29 is 30.7 Å². The number of anilines is 1. The molecule has 0 aliphatic carbocycles. The van der Waals surface area contributed by atoms with E-state index in [-0.39, 0.29) is 36.9 Å². The predicted octanol–water partition coefficient (Wildman–Crippen LogP) is 4.66. The molecular weight excluding hydrogens is 522 g/mol. The van der Waals surface area contributed by atoms with E-state index in [0.29, 0.717) is 17.7 Å². The number of aromatic nitrogens is 3. The molecule has 1 aromatic carbocycles. The van der Waals surface area contributed by atoms with Gasteiger partial charge in [0, 0.05) is 55.5 Å². The molecule has 3 atom stereocenters. The fourth-order valence-electron chi connectivity index (χ4n) is 5.02. The number of likely N-dealkylation sites (tertiary alicyclic amines) is 1. The summed E-state index contributed by atoms with van der Waals surface area (Å²) < 4.78 is 91.2. The van der Waals surface area contributed by atoms with Gasteiger partial charge in [-0.15, -0.1) is 11.3 Å². The minimum absolute atomic E-state index is 0.0861. The number of piperidine rings is 1. The summed E-state index contributed by atoms with van der Waals surface area (Å²) in [6.07, 6.45) is -1.19. The highest BCUT2D eigenvalue weighted by molar-refractivity contribution is 7.93. The van der Waals surface area contributed by atoms with E-state index in [1.165, 1.54) is 12.4 Å². The van der Waals surface area contributed by atoms with Crippen molar-refractivity contribution in [3.63, 3.8) is 0 Å². The van der Waals surface area contributed by atoms with Crippen LogP contribution in [-0.2, 0) is 17.1 Å². The number of hydrogen-bond acceptors (Lipinski definition) is 7. The summed E-state index contributed by atoms with van der Waals surface area (Å²) >= 11 is 1.05. The first-order chi connectivity index (χ1) is 17.0. The lowest BCUT2D eigenvalue weighted by Crippen LogP contribution is -2.44. The zero-order valence-corrected chi connectivity index (χ0v) is 20.7. The predicted molar refractivity (Wildman–Crippen MR) is 124 cm³/mol. The minimum Gasteiger partial charge on any atom is -0.493 e. The van der Waals surface area contributed by atoms with Crippen molar-refractivity contribution in [2.24, 2.45) is 13.0 Å². The summed E-state index contributed by atoms with van der Waals surface area (Å²) in [5.41, 5.74) is 1.04. The molecular formula is C22H23F4N5O3S2. The van der Waals surface area contributed by atoms with Crippen LogP contribution >= 0.6 is 11.3 Å². The Bertz CT molecular complexity index is 1340. The fraction of sp³-hybridized carbons (Fsp3) is 0.455. The third-order valence-corrected chi connectivity index (χ3v) is 8.89. The number of sulfonamides is 1. The highest BCUT2D eigenvalue weighted by atomic mass is 32.2. The number of nitrogens with zero attached hydrogens (tertiary/aromatic N) is 4. The van der Waals surface area contributed by atoms with Gasteiger partial charge in [-0.25, -0.2) is 17.8 Å². The number of alkyl halides is 3. The van der Waals surface area contributed by atoms with Crippen molar-refractivity contribution >= 4 is 26.5 Å². The zero-order chi connectivity index (χ0) is 25.7. The zero-order valence-electron chi connectivity index (χ0n) is 19.1. The first-order valence-electron chi connectivity index (χ1n) is 11.2. The molecule has 1 saturated heterocycles. The molecule has 0 unspecified atom stereocenters. The van der Waals surface area contributed by atoms with Gasteiger partial charge in [-0.1, -0.05) is 0 Å². The van der Waals surface area contributed by atoms with Gasteiger partial charge in [-0.2, -0.15) is 18.3 Å². The number of fused-ring (bicyclic) bond motifs is 1. The topological polar surface area (TPSA) is 89.4 Å². The molecule has 0 bridgehead atoms. The van der Waals surface area contributed by atoms with Gasteiger partial charge in [-0.3, -0.25) is 14.3 Å². The Kier molecular flexibility index (Phi) is 6.45. The average molecular weight is 546 g/mol. The molecule has 0 amide bonds. The van der Waals surface area contributed by atoms with Crippen LogP contribution in [0.1, 0.15) is 42.6 Å². The first-order valence-corrected chi connectivity index (χ1v) is 13.6. The molecule has 1 N–H and O–H groups in total. The van der Waals surface area contributed by atoms with Crippen LogP contribution in [-0.4, -0.2) is 47.4 Å². The molecule has 1 fully saturated rings. The van der Waals surface area contributed by atoms with E-state index in [0.717, 1.165) is 23.5 Å². The Morgan fingerprint density at radius 2 is 2.00 bits per heavy atom. The highest BCUT2D eigenvalue weighted by Crippen LogP contribution is 2.48. The minimum atomic E-state index is -4.32. The van der Waals surface area contributed by atoms with Crippen molar-refractivity contribution in [3.05, 3.63) is 53.0 Å². The normalized spacial score (nSPS) is 23.2. The smallest absolute Gasteiger partial charge is 0.391 e. The van der Waals surface area contributed by atoms with E-state index < -0.39 is 44.9 Å². The van der Waals surface area contributed by atoms with E-state index in [1.54, 1.807) is 23.2 Å². The third kappa shape index (κ3) is 4.68. The molecule has 8 nitrogen and oxygen atoms in total. The maximum Gasteiger partial charge on any atom is 0.391 e. The quantitative estimate of drug-likeness (QED) is 0.470. The lowest BCUT2D eigenvalue weighted by Gasteiger charge is -2.45. The second kappa shape index (κ2) is 9.30. The molecule has 14 heteroatoms. The molecule has 194 valence electrons. The van der Waals surface area contributed by atoms with Crippen molar-refractivity contribution in [2.45, 2.75) is 42.4 Å². The molecule has 2 aliphatic heterocycles. The van der Waals surface area contributed by atoms with Crippen LogP contribution in [0.2, 0.25) is 0 Å². The van der Waals surface area contributed by atoms with Gasteiger partial charge in [-0.05, 0) is 25.0 Å². The van der Waals surface area contributed by atoms with Gasteiger partial charge in [0.2, 0.25) is 0 Å². The van der Waals surface area contributed by atoms with Crippen molar-refractivity contribution in [1.82, 2.24) is 19.7 Å². The van der Waals surface area contributed by atoms with Gasteiger partial charge < -0.3 is 4.74 Å². The monoisotopic (exact) mass is 545 g/mol. The number of halogens is 4. The molecule has 2 aliphatic rings. The standard InChI is InChI=1S/C22H23F4N5O3S2/c1-30-17(2-5-28-30)18-10-13(22(24,25)26)3-7-31(18)16-4-8-34-19-12-20(15(23)11-14(16)19)36(32,33)29-21-27-6-9-35-21/h2,5-6,9,11-13,16,18H,3-4,7-8,10H2,1H3,(H,27,29)/t13-,16-,18+/m1/s1. The lowest BCUT2D eigenvalue weighted by atomic mass is 9.85. The van der Waals surface area contributed by atoms with Crippen LogP contribution in [0, 0.1) is 11.7 Å². The summed E-state index contributed by atoms with van der Waals surface area (Å²) in [6, 6.07) is 2.88. The van der Waals surface area contributed by atoms with E-state index in [2.05, 4.69) is 14.8 Å². The van der Waals surface area contributed by atoms with Gasteiger partial charge in [0.25, 0.3) is 10.0 Å². The van der Waals surface area contributed by atoms with Crippen LogP contribution < -0.4 is 9.46 Å². The van der Waals surface area contributed by atoms with Crippen LogP contribution in [0.4, 0.5) is 22.7 Å². The Morgan fingerprint density at radius 3 is 2.67 bits per heavy atom. The largest absolute Gasteiger partial charge is 0.493 e. The summed E-state index contributed by atoms with van der Waals surface area (Å²) in [5, 5.41) is 5.81. The number of rotatable bonds is 5. The second-order valence-corrected chi connectivity index (χ2v) is 11.4. The van der Waals surface area contributed by atoms with Gasteiger partial charge in [0.1, 0.15) is 16.5 Å². The highest BCUT2D eigenvalue weighted by Gasteiger charge is 2.47. The Hall–Kier alpha value is -2.71. The lowest BCUT2D eigenvalue weighted by molar-refractivity contribution is -0.192. The van der Waals surface area contributed by atoms with E-state index in [4.69, 9.17) is 4.74 Å². The second-order valence-electron chi connectivity index (χ2n) is 8.81. The number of ether oxygens (including phenoxy) is 1. The summed E-state index contributed by atoms with van der Waals surface area (Å²) in [6.45, 7) is 0.345. The molecule has 0 spiro atoms. The van der Waals surface area contributed by atoms with E-state index >= 15 is 4.39 Å². The Labute approximate surface area is 208 Å². The molecule has 0 radical (unpaired) electrons. The average Bonchev–Trinajstić information content (AvgIpc) is 3.48. The summed E-state index contributed by atoms with van der Waals surface area (Å²) in [4.78, 5) is 5.21. The van der Waals surface area contributed by atoms with Crippen LogP contribution in [0.15, 0.2) is 40.9 Å². The van der Waals surface area contributed by atoms with Gasteiger partial charge in [0.05, 0.1) is 24.3 Å². The molecule has 4 heterocycles. The maximum atomic E-state index is 15.2. The van der Waals surface area contributed by atoms with Crippen LogP contribution in [0.25, 0.3) is 0 Å². The Morgan fingerprint density at radius 1 is 1.19 bits per heavy atom. The SMILES string of the molecule is Cn1nccc1[C@@H]1C[C@H](C(F)(F)F)CCN1[C@@H]1CCOc2cc(S(=O)(=O)Nc3nccs3)c(F)cc21. The number of benzene rings is 1. The summed E-state index contributed by atoms with van der Waals surface area (Å²) in [7, 11) is -2.60. The number of aryl methyl sites for hydroxylation is 1. The van der Waals surface area contributed by atoms with Crippen molar-refractivity contribution in [2.75, 3.05) is 17.9 Å². The molecule has 36 heavy (non-hydrogen) atoms. The van der Waals surface area contributed by atoms with Crippen LogP contribution in [0.5, 0.6) is 5.75 Å². The Balaban J connectivity index is 1.50. The summed E-state index contributed by atoms with van der Waals surface area (Å²) in [5.74, 6) is -2.25. The number of thiazole rings is 1. The van der Waals surface area contributed by atoms with Crippen molar-refractivity contribution in [1.29, 1.82) is 0 Å². The number of hydrogen-bond donors (Lipinski definition) is 1. The van der Waals surface area contributed by atoms with E-state index in [1.807, 2.05) is 4.90 Å². The van der Waals surface area contributed by atoms with Gasteiger partial charge in [0.15, 0.2) is 5.13 Å². The third-order valence-electron chi connectivity index (χ3n) is 6.72. The first kappa shape index (κ1) is 25.0. The van der Waals surface area contributed by atoms with Crippen LogP contribution in [0.3, 0.4) is 0 Å². The number of nitrogens with one attached hydrogen (secondary N) is 1. The molecule has 5 rings (SSSR count). The maximum absolute atomic E-state index is 15.2.